The van der Waals surface area contributed by atoms with Crippen LogP contribution in [0.1, 0.15) is 12.5 Å². The number of benzene rings is 1. The van der Waals surface area contributed by atoms with Crippen LogP contribution >= 0.6 is 0 Å². The molecular formula is C12H9N3O3. The van der Waals surface area contributed by atoms with Gasteiger partial charge in [-0.25, -0.2) is 4.68 Å². The molecule has 1 fully saturated rings. The Bertz CT molecular complexity index is 720. The van der Waals surface area contributed by atoms with Crippen LogP contribution in [0.15, 0.2) is 35.3 Å². The summed E-state index contributed by atoms with van der Waals surface area (Å²) in [6, 6.07) is 6.15. The lowest BCUT2D eigenvalue weighted by Crippen LogP contribution is -2.32. The predicted molar refractivity (Wildman–Crippen MR) is 62.8 cm³/mol. The van der Waals surface area contributed by atoms with Gasteiger partial charge in [0.1, 0.15) is 6.04 Å². The summed E-state index contributed by atoms with van der Waals surface area (Å²) in [7, 11) is 0. The van der Waals surface area contributed by atoms with E-state index < -0.39 is 11.9 Å². The molecule has 2 aromatic rings. The first-order valence-corrected chi connectivity index (χ1v) is 5.47. The normalized spacial score (nSPS) is 19.2. The van der Waals surface area contributed by atoms with Gasteiger partial charge in [0, 0.05) is 5.39 Å². The Labute approximate surface area is 101 Å². The first-order chi connectivity index (χ1) is 8.66. The molecule has 0 aliphatic carbocycles. The summed E-state index contributed by atoms with van der Waals surface area (Å²) in [4.78, 5) is 34.9. The van der Waals surface area contributed by atoms with E-state index in [4.69, 9.17) is 0 Å². The van der Waals surface area contributed by atoms with E-state index in [0.717, 1.165) is 4.68 Å². The quantitative estimate of drug-likeness (QED) is 0.714. The maximum Gasteiger partial charge on any atom is 0.275 e. The second-order valence-electron chi connectivity index (χ2n) is 4.11. The summed E-state index contributed by atoms with van der Waals surface area (Å²) >= 11 is 0. The van der Waals surface area contributed by atoms with Crippen LogP contribution in [0.5, 0.6) is 0 Å². The van der Waals surface area contributed by atoms with Crippen LogP contribution in [0.2, 0.25) is 0 Å². The Kier molecular flexibility index (Phi) is 2.22. The predicted octanol–water partition coefficient (Wildman–Crippen LogP) is -0.0159. The lowest BCUT2D eigenvalue weighted by atomic mass is 10.2. The molecule has 2 heterocycles. The van der Waals surface area contributed by atoms with Crippen molar-refractivity contribution in [2.75, 3.05) is 0 Å². The highest BCUT2D eigenvalue weighted by atomic mass is 16.2. The van der Waals surface area contributed by atoms with Crippen LogP contribution in [0.4, 0.5) is 0 Å². The van der Waals surface area contributed by atoms with E-state index in [0.29, 0.717) is 10.8 Å². The fourth-order valence-corrected chi connectivity index (χ4v) is 2.06. The Hall–Kier alpha value is -2.50. The lowest BCUT2D eigenvalue weighted by molar-refractivity contribution is -0.125. The van der Waals surface area contributed by atoms with E-state index in [2.05, 4.69) is 10.4 Å². The number of carbonyl (C=O) groups excluding carboxylic acids is 2. The van der Waals surface area contributed by atoms with E-state index in [9.17, 15) is 14.4 Å². The second-order valence-corrected chi connectivity index (χ2v) is 4.11. The minimum absolute atomic E-state index is 0.0376. The van der Waals surface area contributed by atoms with Crippen LogP contribution in [-0.2, 0) is 9.59 Å². The largest absolute Gasteiger partial charge is 0.294 e. The maximum atomic E-state index is 12.2. The van der Waals surface area contributed by atoms with E-state index in [1.54, 1.807) is 24.3 Å². The highest BCUT2D eigenvalue weighted by Gasteiger charge is 2.33. The van der Waals surface area contributed by atoms with Gasteiger partial charge < -0.3 is 0 Å². The summed E-state index contributed by atoms with van der Waals surface area (Å²) in [6.07, 6.45) is 1.48. The third-order valence-electron chi connectivity index (χ3n) is 2.96. The number of amides is 2. The van der Waals surface area contributed by atoms with Crippen molar-refractivity contribution in [3.63, 3.8) is 0 Å². The van der Waals surface area contributed by atoms with Crippen LogP contribution in [0, 0.1) is 0 Å². The molecule has 90 valence electrons. The highest BCUT2D eigenvalue weighted by Crippen LogP contribution is 2.15. The molecule has 1 unspecified atom stereocenters. The zero-order valence-corrected chi connectivity index (χ0v) is 9.29. The van der Waals surface area contributed by atoms with Crippen LogP contribution in [0.3, 0.4) is 0 Å². The van der Waals surface area contributed by atoms with Crippen molar-refractivity contribution in [3.05, 3.63) is 40.8 Å². The molecular weight excluding hydrogens is 234 g/mol. The second kappa shape index (κ2) is 3.76. The van der Waals surface area contributed by atoms with Crippen molar-refractivity contribution in [2.45, 2.75) is 12.5 Å². The lowest BCUT2D eigenvalue weighted by Gasteiger charge is -2.09. The van der Waals surface area contributed by atoms with Gasteiger partial charge in [-0.05, 0) is 6.07 Å². The minimum atomic E-state index is -0.838. The number of fused-ring (bicyclic) bond motifs is 1. The summed E-state index contributed by atoms with van der Waals surface area (Å²) in [5.74, 6) is -0.864. The molecule has 1 atom stereocenters. The molecule has 1 saturated heterocycles. The Morgan fingerprint density at radius 3 is 2.72 bits per heavy atom. The zero-order chi connectivity index (χ0) is 12.7. The maximum absolute atomic E-state index is 12.2. The monoisotopic (exact) mass is 243 g/mol. The fourth-order valence-electron chi connectivity index (χ4n) is 2.06. The minimum Gasteiger partial charge on any atom is -0.294 e. The summed E-state index contributed by atoms with van der Waals surface area (Å²) in [5.41, 5.74) is -0.358. The van der Waals surface area contributed by atoms with Gasteiger partial charge in [0.05, 0.1) is 18.0 Å². The van der Waals surface area contributed by atoms with Crippen LogP contribution in [0.25, 0.3) is 10.8 Å². The number of rotatable bonds is 1. The molecule has 0 radical (unpaired) electrons. The van der Waals surface area contributed by atoms with E-state index in [-0.39, 0.29) is 17.9 Å². The Morgan fingerprint density at radius 1 is 1.22 bits per heavy atom. The molecule has 6 nitrogen and oxygen atoms in total. The SMILES string of the molecule is O=C1CC(n2ncc3ccccc3c2=O)C(=O)N1. The Balaban J connectivity index is 2.19. The number of hydrogen-bond donors (Lipinski definition) is 1. The fraction of sp³-hybridized carbons (Fsp3) is 0.167. The third kappa shape index (κ3) is 1.50. The Morgan fingerprint density at radius 2 is 2.00 bits per heavy atom. The van der Waals surface area contributed by atoms with E-state index in [1.807, 2.05) is 0 Å². The highest BCUT2D eigenvalue weighted by molar-refractivity contribution is 6.04. The molecule has 1 aliphatic heterocycles. The summed E-state index contributed by atoms with van der Waals surface area (Å²) < 4.78 is 1.07. The molecule has 0 bridgehead atoms. The average Bonchev–Trinajstić information content (AvgIpc) is 2.69. The molecule has 0 saturated carbocycles. The number of hydrogen-bond acceptors (Lipinski definition) is 4. The van der Waals surface area contributed by atoms with Crippen LogP contribution < -0.4 is 10.9 Å². The molecule has 1 N–H and O–H groups in total. The number of nitrogens with zero attached hydrogens (tertiary/aromatic N) is 2. The van der Waals surface area contributed by atoms with E-state index in [1.165, 1.54) is 6.20 Å². The third-order valence-corrected chi connectivity index (χ3v) is 2.96. The smallest absolute Gasteiger partial charge is 0.275 e. The van der Waals surface area contributed by atoms with Crippen molar-refractivity contribution in [3.8, 4) is 0 Å². The van der Waals surface area contributed by atoms with Gasteiger partial charge in [-0.15, -0.1) is 0 Å². The first kappa shape index (κ1) is 10.6. The first-order valence-electron chi connectivity index (χ1n) is 5.47. The van der Waals surface area contributed by atoms with Gasteiger partial charge in [-0.2, -0.15) is 5.10 Å². The summed E-state index contributed by atoms with van der Waals surface area (Å²) in [5, 5.41) is 7.32. The van der Waals surface area contributed by atoms with Crippen molar-refractivity contribution in [1.82, 2.24) is 15.1 Å². The van der Waals surface area contributed by atoms with Gasteiger partial charge in [0.15, 0.2) is 0 Å². The average molecular weight is 243 g/mol. The molecule has 0 spiro atoms. The molecule has 1 aliphatic rings. The summed E-state index contributed by atoms with van der Waals surface area (Å²) in [6.45, 7) is 0. The van der Waals surface area contributed by atoms with Gasteiger partial charge in [-0.3, -0.25) is 19.7 Å². The number of nitrogens with one attached hydrogen (secondary N) is 1. The van der Waals surface area contributed by atoms with Gasteiger partial charge in [0.25, 0.3) is 11.5 Å². The standard InChI is InChI=1S/C12H9N3O3/c16-10-5-9(11(17)14-10)15-12(18)8-4-2-1-3-7(8)6-13-15/h1-4,6,9H,5H2,(H,14,16,17). The van der Waals surface area contributed by atoms with Gasteiger partial charge >= 0.3 is 0 Å². The van der Waals surface area contributed by atoms with Crippen molar-refractivity contribution < 1.29 is 9.59 Å². The molecule has 3 rings (SSSR count). The van der Waals surface area contributed by atoms with Crippen molar-refractivity contribution in [1.29, 1.82) is 0 Å². The van der Waals surface area contributed by atoms with Gasteiger partial charge in [0.2, 0.25) is 5.91 Å². The number of imide groups is 1. The van der Waals surface area contributed by atoms with Crippen molar-refractivity contribution >= 4 is 22.6 Å². The van der Waals surface area contributed by atoms with Crippen molar-refractivity contribution in [2.24, 2.45) is 0 Å². The molecule has 1 aromatic heterocycles. The zero-order valence-electron chi connectivity index (χ0n) is 9.29. The van der Waals surface area contributed by atoms with E-state index >= 15 is 0 Å². The number of aromatic nitrogens is 2. The van der Waals surface area contributed by atoms with Crippen LogP contribution in [-0.4, -0.2) is 21.6 Å². The number of carbonyl (C=O) groups is 2. The van der Waals surface area contributed by atoms with Gasteiger partial charge in [-0.1, -0.05) is 18.2 Å². The topological polar surface area (TPSA) is 81.1 Å². The molecule has 2 amide bonds. The molecule has 18 heavy (non-hydrogen) atoms. The molecule has 6 heteroatoms. The molecule has 1 aromatic carbocycles.